The molecule has 0 spiro atoms. The number of pyridine rings is 2. The highest BCUT2D eigenvalue weighted by atomic mass is 35.5. The minimum atomic E-state index is -3.00. The van der Waals surface area contributed by atoms with Crippen molar-refractivity contribution in [2.45, 2.75) is 51.1 Å². The Balaban J connectivity index is 1.59. The van der Waals surface area contributed by atoms with Crippen LogP contribution >= 0.6 is 11.6 Å². The van der Waals surface area contributed by atoms with Gasteiger partial charge in [0.05, 0.1) is 28.9 Å². The molecule has 6 nitrogen and oxygen atoms in total. The molecular weight excluding hydrogens is 498 g/mol. The van der Waals surface area contributed by atoms with Gasteiger partial charge in [-0.15, -0.1) is 0 Å². The number of rotatable bonds is 5. The van der Waals surface area contributed by atoms with E-state index in [-0.39, 0.29) is 16.4 Å². The SMILES string of the molecule is Cc1cnc(-c2ccnc(C(C)(C)O)n2)cc1-n1c(C)cc([C@@H]2[C@@H](c3ccccc3)C2(F)F)c(Cl)c1=O. The zero-order chi connectivity index (χ0) is 26.7. The summed E-state index contributed by atoms with van der Waals surface area (Å²) in [5, 5.41) is 10.1. The quantitative estimate of drug-likeness (QED) is 0.363. The zero-order valence-electron chi connectivity index (χ0n) is 20.7. The lowest BCUT2D eigenvalue weighted by atomic mass is 10.0. The highest BCUT2D eigenvalue weighted by molar-refractivity contribution is 6.31. The van der Waals surface area contributed by atoms with Gasteiger partial charge in [-0.05, 0) is 62.6 Å². The van der Waals surface area contributed by atoms with Crippen LogP contribution in [0.25, 0.3) is 17.1 Å². The zero-order valence-corrected chi connectivity index (χ0v) is 21.5. The van der Waals surface area contributed by atoms with Gasteiger partial charge < -0.3 is 5.11 Å². The highest BCUT2D eigenvalue weighted by Gasteiger charge is 2.69. The highest BCUT2D eigenvalue weighted by Crippen LogP contribution is 2.67. The van der Waals surface area contributed by atoms with Crippen molar-refractivity contribution in [3.63, 3.8) is 0 Å². The molecule has 2 atom stereocenters. The number of nitrogens with zero attached hydrogens (tertiary/aromatic N) is 4. The number of aliphatic hydroxyl groups is 1. The Morgan fingerprint density at radius 1 is 1.03 bits per heavy atom. The average molecular weight is 523 g/mol. The van der Waals surface area contributed by atoms with E-state index >= 15 is 0 Å². The summed E-state index contributed by atoms with van der Waals surface area (Å²) in [6.07, 6.45) is 3.13. The van der Waals surface area contributed by atoms with Crippen molar-refractivity contribution in [2.24, 2.45) is 0 Å². The van der Waals surface area contributed by atoms with Crippen LogP contribution in [0.15, 0.2) is 65.7 Å². The van der Waals surface area contributed by atoms with Crippen LogP contribution in [0.3, 0.4) is 0 Å². The average Bonchev–Trinajstić information content (AvgIpc) is 3.44. The Hall–Kier alpha value is -3.49. The molecule has 9 heteroatoms. The molecule has 1 aliphatic rings. The minimum absolute atomic E-state index is 0.150. The van der Waals surface area contributed by atoms with Gasteiger partial charge in [-0.2, -0.15) is 0 Å². The molecule has 1 aromatic carbocycles. The molecule has 3 heterocycles. The summed E-state index contributed by atoms with van der Waals surface area (Å²) < 4.78 is 31.2. The van der Waals surface area contributed by atoms with Crippen molar-refractivity contribution in [3.8, 4) is 17.1 Å². The first-order valence-electron chi connectivity index (χ1n) is 11.8. The molecule has 37 heavy (non-hydrogen) atoms. The maximum absolute atomic E-state index is 14.9. The molecule has 0 amide bonds. The molecule has 0 saturated heterocycles. The molecular formula is C28H25ClF2N4O2. The molecule has 0 radical (unpaired) electrons. The van der Waals surface area contributed by atoms with E-state index in [1.54, 1.807) is 82.4 Å². The Morgan fingerprint density at radius 2 is 1.73 bits per heavy atom. The summed E-state index contributed by atoms with van der Waals surface area (Å²) in [4.78, 5) is 26.5. The van der Waals surface area contributed by atoms with Gasteiger partial charge in [0, 0.05) is 18.1 Å². The van der Waals surface area contributed by atoms with Gasteiger partial charge in [0.1, 0.15) is 10.6 Å². The van der Waals surface area contributed by atoms with Crippen LogP contribution in [0.2, 0.25) is 5.02 Å². The fourth-order valence-electron chi connectivity index (χ4n) is 4.74. The Labute approximate surface area is 217 Å². The monoisotopic (exact) mass is 522 g/mol. The summed E-state index contributed by atoms with van der Waals surface area (Å²) in [5.41, 5.74) is 1.42. The molecule has 0 unspecified atom stereocenters. The lowest BCUT2D eigenvalue weighted by Crippen LogP contribution is -2.23. The van der Waals surface area contributed by atoms with E-state index in [0.717, 1.165) is 0 Å². The Kier molecular flexibility index (Phi) is 6.00. The van der Waals surface area contributed by atoms with Crippen molar-refractivity contribution in [3.05, 3.63) is 105 Å². The molecule has 1 N–H and O–H groups in total. The molecule has 5 rings (SSSR count). The van der Waals surface area contributed by atoms with Gasteiger partial charge in [-0.25, -0.2) is 18.7 Å². The smallest absolute Gasteiger partial charge is 0.274 e. The number of hydrogen-bond donors (Lipinski definition) is 1. The first kappa shape index (κ1) is 25.2. The van der Waals surface area contributed by atoms with Crippen LogP contribution in [-0.4, -0.2) is 30.5 Å². The third-order valence-electron chi connectivity index (χ3n) is 6.69. The third kappa shape index (κ3) is 4.34. The van der Waals surface area contributed by atoms with E-state index in [2.05, 4.69) is 15.0 Å². The summed E-state index contributed by atoms with van der Waals surface area (Å²) >= 11 is 6.48. The molecule has 1 aliphatic carbocycles. The predicted octanol–water partition coefficient (Wildman–Crippen LogP) is 5.70. The third-order valence-corrected chi connectivity index (χ3v) is 7.07. The van der Waals surface area contributed by atoms with Crippen molar-refractivity contribution >= 4 is 11.6 Å². The van der Waals surface area contributed by atoms with Crippen LogP contribution in [0.4, 0.5) is 8.78 Å². The van der Waals surface area contributed by atoms with Gasteiger partial charge in [-0.3, -0.25) is 14.3 Å². The number of aryl methyl sites for hydroxylation is 2. The Morgan fingerprint density at radius 3 is 2.41 bits per heavy atom. The Bertz CT molecular complexity index is 1570. The first-order valence-corrected chi connectivity index (χ1v) is 12.2. The van der Waals surface area contributed by atoms with Crippen LogP contribution in [0.1, 0.15) is 53.9 Å². The van der Waals surface area contributed by atoms with E-state index in [1.165, 1.54) is 10.8 Å². The van der Waals surface area contributed by atoms with Crippen molar-refractivity contribution in [1.29, 1.82) is 0 Å². The van der Waals surface area contributed by atoms with Gasteiger partial charge in [-0.1, -0.05) is 41.9 Å². The fourth-order valence-corrected chi connectivity index (χ4v) is 5.00. The summed E-state index contributed by atoms with van der Waals surface area (Å²) in [7, 11) is 0. The number of halogens is 3. The molecule has 4 aromatic rings. The normalized spacial score (nSPS) is 18.6. The maximum Gasteiger partial charge on any atom is 0.274 e. The van der Waals surface area contributed by atoms with Gasteiger partial charge >= 0.3 is 0 Å². The first-order chi connectivity index (χ1) is 17.4. The van der Waals surface area contributed by atoms with Gasteiger partial charge in [0.25, 0.3) is 11.5 Å². The second-order valence-corrected chi connectivity index (χ2v) is 10.3. The summed E-state index contributed by atoms with van der Waals surface area (Å²) in [6, 6.07) is 13.5. The van der Waals surface area contributed by atoms with Crippen LogP contribution in [0, 0.1) is 13.8 Å². The number of alkyl halides is 2. The van der Waals surface area contributed by atoms with Gasteiger partial charge in [0.2, 0.25) is 0 Å². The molecule has 190 valence electrons. The second kappa shape index (κ2) is 8.82. The van der Waals surface area contributed by atoms with E-state index in [4.69, 9.17) is 11.6 Å². The van der Waals surface area contributed by atoms with Gasteiger partial charge in [0.15, 0.2) is 5.82 Å². The number of hydrogen-bond acceptors (Lipinski definition) is 5. The minimum Gasteiger partial charge on any atom is -0.382 e. The largest absolute Gasteiger partial charge is 0.382 e. The maximum atomic E-state index is 14.9. The van der Waals surface area contributed by atoms with E-state index in [9.17, 15) is 18.7 Å². The van der Waals surface area contributed by atoms with Crippen molar-refractivity contribution in [1.82, 2.24) is 19.5 Å². The van der Waals surface area contributed by atoms with E-state index in [1.807, 2.05) is 0 Å². The molecule has 0 aliphatic heterocycles. The topological polar surface area (TPSA) is 80.9 Å². The van der Waals surface area contributed by atoms with Crippen molar-refractivity contribution in [2.75, 3.05) is 0 Å². The fraction of sp³-hybridized carbons (Fsp3) is 0.286. The molecule has 1 fully saturated rings. The number of aromatic nitrogens is 4. The van der Waals surface area contributed by atoms with E-state index < -0.39 is 28.9 Å². The van der Waals surface area contributed by atoms with Crippen LogP contribution < -0.4 is 5.56 Å². The van der Waals surface area contributed by atoms with Crippen LogP contribution in [-0.2, 0) is 5.60 Å². The molecule has 1 saturated carbocycles. The van der Waals surface area contributed by atoms with Crippen LogP contribution in [0.5, 0.6) is 0 Å². The predicted molar refractivity (Wildman–Crippen MR) is 137 cm³/mol. The lowest BCUT2D eigenvalue weighted by molar-refractivity contribution is 0.0688. The lowest BCUT2D eigenvalue weighted by Gasteiger charge is -2.17. The standard InChI is InChI=1S/C28H25ClF2N4O2/c1-15-14-33-20(19-10-11-32-26(34-19)27(3,4)37)13-21(15)35-16(2)12-18(24(29)25(35)36)23-22(28(23,30)31)17-8-6-5-7-9-17/h5-14,22-23,37H,1-4H3/t22-,23-/m1/s1. The summed E-state index contributed by atoms with van der Waals surface area (Å²) in [6.45, 7) is 6.65. The molecule has 3 aromatic heterocycles. The van der Waals surface area contributed by atoms with E-state index in [0.29, 0.717) is 33.9 Å². The molecule has 0 bridgehead atoms. The summed E-state index contributed by atoms with van der Waals surface area (Å²) in [5.74, 6) is -4.97. The second-order valence-electron chi connectivity index (χ2n) is 9.92. The van der Waals surface area contributed by atoms with Crippen molar-refractivity contribution < 1.29 is 13.9 Å². The number of benzene rings is 1.